The van der Waals surface area contributed by atoms with Gasteiger partial charge in [0.05, 0.1) is 24.4 Å². The second kappa shape index (κ2) is 14.1. The van der Waals surface area contributed by atoms with Crippen molar-refractivity contribution in [1.82, 2.24) is 10.9 Å². The van der Waals surface area contributed by atoms with Crippen LogP contribution >= 0.6 is 0 Å². The highest BCUT2D eigenvalue weighted by atomic mass is 32.2. The van der Waals surface area contributed by atoms with E-state index in [1.165, 1.54) is 19.2 Å². The Morgan fingerprint density at radius 2 is 1.86 bits per heavy atom. The summed E-state index contributed by atoms with van der Waals surface area (Å²) in [5.41, 5.74) is 4.97. The molecule has 1 heterocycles. The summed E-state index contributed by atoms with van der Waals surface area (Å²) in [5.74, 6) is 0.413. The first-order valence-electron chi connectivity index (χ1n) is 13.5. The highest BCUT2D eigenvalue weighted by molar-refractivity contribution is 7.91. The lowest BCUT2D eigenvalue weighted by Gasteiger charge is -2.30. The van der Waals surface area contributed by atoms with Gasteiger partial charge in [0.15, 0.2) is 21.5 Å². The minimum Gasteiger partial charge on any atom is -0.497 e. The number of hydrogen-bond acceptors (Lipinski definition) is 9. The summed E-state index contributed by atoms with van der Waals surface area (Å²) in [6, 6.07) is 22.1. The van der Waals surface area contributed by atoms with Crippen LogP contribution in [0, 0.1) is 0 Å². The van der Waals surface area contributed by atoms with Crippen LogP contribution in [0.3, 0.4) is 0 Å². The van der Waals surface area contributed by atoms with Crippen LogP contribution < -0.4 is 20.3 Å². The maximum absolute atomic E-state index is 13.9. The first kappa shape index (κ1) is 30.8. The molecule has 0 bridgehead atoms. The predicted molar refractivity (Wildman–Crippen MR) is 159 cm³/mol. The monoisotopic (exact) mass is 593 g/mol. The van der Waals surface area contributed by atoms with Gasteiger partial charge in [-0.3, -0.25) is 10.2 Å². The molecule has 222 valence electrons. The van der Waals surface area contributed by atoms with Gasteiger partial charge in [-0.2, -0.15) is 0 Å². The maximum Gasteiger partial charge on any atom is 0.266 e. The minimum atomic E-state index is -3.76. The van der Waals surface area contributed by atoms with Gasteiger partial charge in [0.25, 0.3) is 5.91 Å². The molecule has 0 aromatic heterocycles. The number of carbonyl (C=O) groups is 1. The molecule has 11 heteroatoms. The molecule has 0 spiro atoms. The molecular formula is C31H35N3O7S. The van der Waals surface area contributed by atoms with Gasteiger partial charge in [-0.05, 0) is 54.1 Å². The summed E-state index contributed by atoms with van der Waals surface area (Å²) in [4.78, 5) is 18.9. The van der Waals surface area contributed by atoms with E-state index in [0.717, 1.165) is 0 Å². The van der Waals surface area contributed by atoms with Gasteiger partial charge in [-0.25, -0.2) is 18.8 Å². The Labute approximate surface area is 245 Å². The number of aliphatic hydroxyl groups is 1. The number of nitrogens with one attached hydrogen (secondary N) is 2. The molecule has 1 amide bonds. The molecule has 3 aromatic rings. The summed E-state index contributed by atoms with van der Waals surface area (Å²) in [5, 5.41) is 9.00. The standard InChI is InChI=1S/C31H35N3O7S/c1-3-18-32-34-30(36)31(17-21-42(37,38)27-11-5-4-6-12-27)28(24-9-7-10-26(22-24)39-2)41-29(33-31)23-13-15-25(16-14-23)40-20-8-19-35/h3-7,9-16,22,28,32,35H,1,8,17-21H2,2H3,(H,34,36)/t28-,31-/m0/s1. The molecule has 1 aliphatic heterocycles. The quantitative estimate of drug-likeness (QED) is 0.139. The fourth-order valence-electron chi connectivity index (χ4n) is 4.52. The smallest absolute Gasteiger partial charge is 0.266 e. The van der Waals surface area contributed by atoms with Gasteiger partial charge in [0, 0.05) is 31.6 Å². The van der Waals surface area contributed by atoms with Crippen molar-refractivity contribution in [3.8, 4) is 11.5 Å². The number of rotatable bonds is 15. The molecule has 10 nitrogen and oxygen atoms in total. The number of hydrogen-bond donors (Lipinski definition) is 3. The van der Waals surface area contributed by atoms with Gasteiger partial charge in [0.2, 0.25) is 5.90 Å². The number of aliphatic imine (C=N–C) groups is 1. The van der Waals surface area contributed by atoms with Gasteiger partial charge in [-0.15, -0.1) is 6.58 Å². The lowest BCUT2D eigenvalue weighted by molar-refractivity contribution is -0.130. The molecule has 3 N–H and O–H groups in total. The SMILES string of the molecule is C=CCNNC(=O)[C@@]1(CCS(=O)(=O)c2ccccc2)N=C(c2ccc(OCCCO)cc2)O[C@H]1c1cccc(OC)c1. The molecule has 0 unspecified atom stereocenters. The van der Waals surface area contributed by atoms with E-state index < -0.39 is 27.4 Å². The third kappa shape index (κ3) is 7.17. The Bertz CT molecular complexity index is 1490. The molecule has 2 atom stereocenters. The Kier molecular flexibility index (Phi) is 10.3. The highest BCUT2D eigenvalue weighted by Gasteiger charge is 2.53. The van der Waals surface area contributed by atoms with E-state index in [1.54, 1.807) is 72.8 Å². The lowest BCUT2D eigenvalue weighted by Crippen LogP contribution is -2.53. The summed E-state index contributed by atoms with van der Waals surface area (Å²) in [6.07, 6.45) is 0.943. The third-order valence-electron chi connectivity index (χ3n) is 6.73. The van der Waals surface area contributed by atoms with Gasteiger partial charge < -0.3 is 19.3 Å². The van der Waals surface area contributed by atoms with Crippen molar-refractivity contribution in [3.63, 3.8) is 0 Å². The Balaban J connectivity index is 1.76. The van der Waals surface area contributed by atoms with E-state index in [9.17, 15) is 13.2 Å². The topological polar surface area (TPSA) is 136 Å². The third-order valence-corrected chi connectivity index (χ3v) is 8.46. The summed E-state index contributed by atoms with van der Waals surface area (Å²) in [7, 11) is -2.23. The first-order valence-corrected chi connectivity index (χ1v) is 15.1. The first-order chi connectivity index (χ1) is 20.3. The average molecular weight is 594 g/mol. The summed E-state index contributed by atoms with van der Waals surface area (Å²) >= 11 is 0. The van der Waals surface area contributed by atoms with Crippen LogP contribution in [0.15, 0.2) is 101 Å². The Morgan fingerprint density at radius 1 is 1.10 bits per heavy atom. The molecule has 0 radical (unpaired) electrons. The lowest BCUT2D eigenvalue weighted by atomic mass is 9.85. The number of sulfone groups is 1. The molecular weight excluding hydrogens is 558 g/mol. The second-order valence-corrected chi connectivity index (χ2v) is 11.7. The number of benzene rings is 3. The van der Waals surface area contributed by atoms with Gasteiger partial charge in [-0.1, -0.05) is 36.4 Å². The zero-order valence-corrected chi connectivity index (χ0v) is 24.2. The molecule has 1 aliphatic rings. The van der Waals surface area contributed by atoms with Crippen molar-refractivity contribution < 1.29 is 32.5 Å². The van der Waals surface area contributed by atoms with Crippen molar-refractivity contribution >= 4 is 21.6 Å². The zero-order chi connectivity index (χ0) is 30.0. The summed E-state index contributed by atoms with van der Waals surface area (Å²) in [6.45, 7) is 4.33. The highest BCUT2D eigenvalue weighted by Crippen LogP contribution is 2.43. The number of amides is 1. The van der Waals surface area contributed by atoms with Crippen molar-refractivity contribution in [3.05, 3.63) is 103 Å². The van der Waals surface area contributed by atoms with Crippen LogP contribution in [-0.2, 0) is 19.4 Å². The fraction of sp³-hybridized carbons (Fsp3) is 0.290. The predicted octanol–water partition coefficient (Wildman–Crippen LogP) is 3.38. The molecule has 0 saturated heterocycles. The number of aliphatic hydroxyl groups excluding tert-OH is 1. The molecule has 0 fully saturated rings. The van der Waals surface area contributed by atoms with Crippen molar-refractivity contribution in [1.29, 1.82) is 0 Å². The molecule has 3 aromatic carbocycles. The van der Waals surface area contributed by atoms with E-state index in [2.05, 4.69) is 17.4 Å². The summed E-state index contributed by atoms with van der Waals surface area (Å²) < 4.78 is 44.2. The van der Waals surface area contributed by atoms with E-state index in [1.807, 2.05) is 0 Å². The van der Waals surface area contributed by atoms with Crippen LogP contribution in [0.25, 0.3) is 0 Å². The molecule has 4 rings (SSSR count). The number of nitrogens with zero attached hydrogens (tertiary/aromatic N) is 1. The van der Waals surface area contributed by atoms with Crippen molar-refractivity contribution in [2.45, 2.75) is 29.4 Å². The largest absolute Gasteiger partial charge is 0.497 e. The van der Waals surface area contributed by atoms with Gasteiger partial charge in [0.1, 0.15) is 11.5 Å². The zero-order valence-electron chi connectivity index (χ0n) is 23.4. The van der Waals surface area contributed by atoms with Crippen molar-refractivity contribution in [2.75, 3.05) is 32.6 Å². The Morgan fingerprint density at radius 3 is 2.55 bits per heavy atom. The van der Waals surface area contributed by atoms with Crippen molar-refractivity contribution in [2.24, 2.45) is 4.99 Å². The van der Waals surface area contributed by atoms with Crippen LogP contribution in [0.2, 0.25) is 0 Å². The number of ether oxygens (including phenoxy) is 3. The van der Waals surface area contributed by atoms with E-state index in [0.29, 0.717) is 35.7 Å². The number of methoxy groups -OCH3 is 1. The molecule has 0 aliphatic carbocycles. The number of carbonyl (C=O) groups excluding carboxylic acids is 1. The van der Waals surface area contributed by atoms with Gasteiger partial charge >= 0.3 is 0 Å². The van der Waals surface area contributed by atoms with Crippen LogP contribution in [0.5, 0.6) is 11.5 Å². The van der Waals surface area contributed by atoms with Crippen LogP contribution in [0.1, 0.15) is 30.1 Å². The normalized spacial score (nSPS) is 18.0. The fourth-order valence-corrected chi connectivity index (χ4v) is 5.91. The minimum absolute atomic E-state index is 0.0280. The van der Waals surface area contributed by atoms with Crippen LogP contribution in [0.4, 0.5) is 0 Å². The number of hydrazine groups is 1. The van der Waals surface area contributed by atoms with E-state index >= 15 is 0 Å². The maximum atomic E-state index is 13.9. The average Bonchev–Trinajstić information content (AvgIpc) is 3.42. The van der Waals surface area contributed by atoms with Crippen LogP contribution in [-0.4, -0.2) is 63.5 Å². The molecule has 42 heavy (non-hydrogen) atoms. The van der Waals surface area contributed by atoms with E-state index in [4.69, 9.17) is 24.3 Å². The van der Waals surface area contributed by atoms with E-state index in [-0.39, 0.29) is 36.1 Å². The Hall–Kier alpha value is -4.19. The molecule has 0 saturated carbocycles. The second-order valence-electron chi connectivity index (χ2n) is 9.57.